The third-order valence-electron chi connectivity index (χ3n) is 2.74. The first kappa shape index (κ1) is 13.1. The lowest BCUT2D eigenvalue weighted by Gasteiger charge is -2.11. The smallest absolute Gasteiger partial charge is 0.138 e. The number of nitrogens with two attached hydrogens (primary N) is 1. The van der Waals surface area contributed by atoms with Crippen LogP contribution in [0.15, 0.2) is 30.3 Å². The van der Waals surface area contributed by atoms with Gasteiger partial charge in [0.05, 0.1) is 17.2 Å². The number of nitrogen functional groups attached to an aromatic ring is 1. The van der Waals surface area contributed by atoms with Crippen molar-refractivity contribution in [2.75, 3.05) is 12.8 Å². The van der Waals surface area contributed by atoms with Crippen molar-refractivity contribution < 1.29 is 4.74 Å². The van der Waals surface area contributed by atoms with Crippen molar-refractivity contribution in [1.29, 1.82) is 0 Å². The summed E-state index contributed by atoms with van der Waals surface area (Å²) < 4.78 is 5.12. The van der Waals surface area contributed by atoms with E-state index >= 15 is 0 Å². The van der Waals surface area contributed by atoms with E-state index in [1.807, 2.05) is 25.1 Å². The van der Waals surface area contributed by atoms with Crippen LogP contribution in [0.3, 0.4) is 0 Å². The van der Waals surface area contributed by atoms with Crippen LogP contribution >= 0.6 is 23.2 Å². The van der Waals surface area contributed by atoms with E-state index in [1.54, 1.807) is 19.2 Å². The molecule has 4 heteroatoms. The van der Waals surface area contributed by atoms with Crippen molar-refractivity contribution in [2.24, 2.45) is 0 Å². The summed E-state index contributed by atoms with van der Waals surface area (Å²) in [6.07, 6.45) is 0. The highest BCUT2D eigenvalue weighted by molar-refractivity contribution is 6.36. The third-order valence-corrected chi connectivity index (χ3v) is 3.35. The Bertz CT molecular complexity index is 597. The summed E-state index contributed by atoms with van der Waals surface area (Å²) in [5.74, 6) is 0.552. The second kappa shape index (κ2) is 5.09. The van der Waals surface area contributed by atoms with Gasteiger partial charge in [-0.2, -0.15) is 0 Å². The molecule has 0 aromatic heterocycles. The molecule has 0 aliphatic carbocycles. The average Bonchev–Trinajstić information content (AvgIpc) is 2.32. The summed E-state index contributed by atoms with van der Waals surface area (Å²) in [7, 11) is 1.55. The fraction of sp³-hybridized carbons (Fsp3) is 0.143. The number of anilines is 1. The second-order valence-electron chi connectivity index (χ2n) is 4.06. The second-order valence-corrected chi connectivity index (χ2v) is 4.87. The molecule has 0 radical (unpaired) electrons. The molecular formula is C14H13Cl2NO. The molecule has 0 fully saturated rings. The predicted octanol–water partition coefficient (Wildman–Crippen LogP) is 4.56. The number of hydrogen-bond donors (Lipinski definition) is 1. The number of methoxy groups -OCH3 is 1. The first-order valence-corrected chi connectivity index (χ1v) is 6.18. The molecule has 0 spiro atoms. The third kappa shape index (κ3) is 2.40. The van der Waals surface area contributed by atoms with Crippen molar-refractivity contribution in [3.63, 3.8) is 0 Å². The number of aryl methyl sites for hydroxylation is 1. The Morgan fingerprint density at radius 3 is 2.33 bits per heavy atom. The van der Waals surface area contributed by atoms with Crippen LogP contribution in [0.5, 0.6) is 5.75 Å². The van der Waals surface area contributed by atoms with E-state index in [-0.39, 0.29) is 0 Å². The molecular weight excluding hydrogens is 269 g/mol. The van der Waals surface area contributed by atoms with Crippen LogP contribution < -0.4 is 10.5 Å². The number of hydrogen-bond acceptors (Lipinski definition) is 2. The van der Waals surface area contributed by atoms with Gasteiger partial charge in [-0.1, -0.05) is 35.3 Å². The van der Waals surface area contributed by atoms with E-state index in [0.29, 0.717) is 21.5 Å². The highest BCUT2D eigenvalue weighted by Gasteiger charge is 2.11. The van der Waals surface area contributed by atoms with Crippen LogP contribution in [0.25, 0.3) is 11.1 Å². The minimum Gasteiger partial charge on any atom is -0.495 e. The summed E-state index contributed by atoms with van der Waals surface area (Å²) in [4.78, 5) is 0. The molecule has 0 amide bonds. The molecule has 0 heterocycles. The molecule has 0 saturated carbocycles. The zero-order valence-corrected chi connectivity index (χ0v) is 11.6. The highest BCUT2D eigenvalue weighted by Crippen LogP contribution is 2.38. The fourth-order valence-corrected chi connectivity index (χ4v) is 2.32. The number of ether oxygens (including phenoxy) is 1. The Labute approximate surface area is 116 Å². The summed E-state index contributed by atoms with van der Waals surface area (Å²) in [5, 5.41) is 1.07. The van der Waals surface area contributed by atoms with Gasteiger partial charge in [0.25, 0.3) is 0 Å². The van der Waals surface area contributed by atoms with Gasteiger partial charge in [0.1, 0.15) is 5.75 Å². The van der Waals surface area contributed by atoms with Crippen LogP contribution in [0.2, 0.25) is 10.0 Å². The largest absolute Gasteiger partial charge is 0.495 e. The van der Waals surface area contributed by atoms with Gasteiger partial charge in [0.2, 0.25) is 0 Å². The molecule has 0 bridgehead atoms. The minimum absolute atomic E-state index is 0.511. The lowest BCUT2D eigenvalue weighted by molar-refractivity contribution is 0.415. The van der Waals surface area contributed by atoms with Gasteiger partial charge in [0.15, 0.2) is 0 Å². The maximum Gasteiger partial charge on any atom is 0.138 e. The predicted molar refractivity (Wildman–Crippen MR) is 77.6 cm³/mol. The van der Waals surface area contributed by atoms with Crippen LogP contribution in [-0.2, 0) is 0 Å². The number of halogens is 2. The molecule has 0 aliphatic rings. The van der Waals surface area contributed by atoms with Gasteiger partial charge in [-0.15, -0.1) is 0 Å². The van der Waals surface area contributed by atoms with Gasteiger partial charge in [-0.3, -0.25) is 0 Å². The minimum atomic E-state index is 0.511. The number of benzene rings is 2. The van der Waals surface area contributed by atoms with Crippen LogP contribution in [0.4, 0.5) is 5.69 Å². The van der Waals surface area contributed by atoms with Crippen molar-refractivity contribution in [2.45, 2.75) is 6.92 Å². The van der Waals surface area contributed by atoms with Crippen molar-refractivity contribution >= 4 is 28.9 Å². The molecule has 0 atom stereocenters. The van der Waals surface area contributed by atoms with E-state index in [1.165, 1.54) is 0 Å². The Hall–Kier alpha value is -1.38. The molecule has 2 aromatic carbocycles. The van der Waals surface area contributed by atoms with Gasteiger partial charge in [0, 0.05) is 22.9 Å². The standard InChI is InChI=1S/C14H13Cl2NO/c1-8-3-4-9(13(17)5-8)10-6-12(16)14(18-2)7-11(10)15/h3-7H,17H2,1-2H3. The summed E-state index contributed by atoms with van der Waals surface area (Å²) in [6.45, 7) is 1.99. The summed E-state index contributed by atoms with van der Waals surface area (Å²) in [5.41, 5.74) is 9.47. The zero-order chi connectivity index (χ0) is 13.3. The monoisotopic (exact) mass is 281 g/mol. The van der Waals surface area contributed by atoms with Gasteiger partial charge in [-0.05, 0) is 24.6 Å². The maximum absolute atomic E-state index is 6.23. The molecule has 2 nitrogen and oxygen atoms in total. The fourth-order valence-electron chi connectivity index (χ4n) is 1.82. The Morgan fingerprint density at radius 1 is 1.00 bits per heavy atom. The van der Waals surface area contributed by atoms with Crippen molar-refractivity contribution in [3.05, 3.63) is 45.9 Å². The molecule has 0 saturated heterocycles. The summed E-state index contributed by atoms with van der Waals surface area (Å²) in [6, 6.07) is 9.29. The molecule has 2 rings (SSSR count). The summed E-state index contributed by atoms with van der Waals surface area (Å²) >= 11 is 12.3. The van der Waals surface area contributed by atoms with Crippen LogP contribution in [0, 0.1) is 6.92 Å². The topological polar surface area (TPSA) is 35.2 Å². The normalized spacial score (nSPS) is 10.4. The SMILES string of the molecule is COc1cc(Cl)c(-c2ccc(C)cc2N)cc1Cl. The van der Waals surface area contributed by atoms with Gasteiger partial charge in [-0.25, -0.2) is 0 Å². The average molecular weight is 282 g/mol. The van der Waals surface area contributed by atoms with E-state index in [9.17, 15) is 0 Å². The Kier molecular flexibility index (Phi) is 3.69. The maximum atomic E-state index is 6.23. The first-order valence-electron chi connectivity index (χ1n) is 5.42. The molecule has 2 N–H and O–H groups in total. The molecule has 0 unspecified atom stereocenters. The molecule has 94 valence electrons. The molecule has 18 heavy (non-hydrogen) atoms. The quantitative estimate of drug-likeness (QED) is 0.819. The van der Waals surface area contributed by atoms with Gasteiger partial charge >= 0.3 is 0 Å². The number of rotatable bonds is 2. The van der Waals surface area contributed by atoms with Crippen molar-refractivity contribution in [3.8, 4) is 16.9 Å². The zero-order valence-electron chi connectivity index (χ0n) is 10.1. The van der Waals surface area contributed by atoms with E-state index < -0.39 is 0 Å². The first-order chi connectivity index (χ1) is 8.52. The van der Waals surface area contributed by atoms with E-state index in [0.717, 1.165) is 16.7 Å². The van der Waals surface area contributed by atoms with E-state index in [4.69, 9.17) is 33.7 Å². The van der Waals surface area contributed by atoms with Crippen LogP contribution in [-0.4, -0.2) is 7.11 Å². The molecule has 2 aromatic rings. The van der Waals surface area contributed by atoms with Gasteiger partial charge < -0.3 is 10.5 Å². The lowest BCUT2D eigenvalue weighted by Crippen LogP contribution is -1.93. The Morgan fingerprint density at radius 2 is 1.72 bits per heavy atom. The van der Waals surface area contributed by atoms with Crippen molar-refractivity contribution in [1.82, 2.24) is 0 Å². The lowest BCUT2D eigenvalue weighted by atomic mass is 10.0. The Balaban J connectivity index is 2.60. The molecule has 0 aliphatic heterocycles. The van der Waals surface area contributed by atoms with E-state index in [2.05, 4.69) is 0 Å². The van der Waals surface area contributed by atoms with Crippen LogP contribution in [0.1, 0.15) is 5.56 Å². The highest BCUT2D eigenvalue weighted by atomic mass is 35.5.